The van der Waals surface area contributed by atoms with Gasteiger partial charge in [-0.05, 0) is 40.2 Å². The molecule has 2 rings (SSSR count). The van der Waals surface area contributed by atoms with Crippen molar-refractivity contribution in [3.63, 3.8) is 0 Å². The third kappa shape index (κ3) is 3.21. The first-order valence-corrected chi connectivity index (χ1v) is 7.75. The fraction of sp³-hybridized carbons (Fsp3) is 0.0769. The van der Waals surface area contributed by atoms with Crippen LogP contribution in [0.25, 0.3) is 0 Å². The van der Waals surface area contributed by atoms with E-state index in [0.717, 1.165) is 10.0 Å². The molecule has 0 amide bonds. The summed E-state index contributed by atoms with van der Waals surface area (Å²) >= 11 is 18.9. The van der Waals surface area contributed by atoms with Gasteiger partial charge < -0.3 is 4.74 Å². The lowest BCUT2D eigenvalue weighted by Crippen LogP contribution is -1.91. The van der Waals surface area contributed by atoms with E-state index in [1.165, 1.54) is 0 Å². The van der Waals surface area contributed by atoms with Crippen molar-refractivity contribution >= 4 is 55.1 Å². The molecule has 0 atom stereocenters. The fourth-order valence-corrected chi connectivity index (χ4v) is 2.88. The molecule has 0 aliphatic carbocycles. The Hall–Kier alpha value is -0.220. The van der Waals surface area contributed by atoms with Gasteiger partial charge in [-0.15, -0.1) is 0 Å². The standard InChI is InChI=1S/C13H8Br2Cl2O/c14-7-8-2-1-3-11(17)13(8)18-12-5-4-9(16)6-10(12)15/h1-6H,7H2. The van der Waals surface area contributed by atoms with Gasteiger partial charge in [-0.3, -0.25) is 0 Å². The maximum Gasteiger partial charge on any atom is 0.150 e. The Morgan fingerprint density at radius 2 is 1.89 bits per heavy atom. The molecule has 0 aliphatic rings. The molecule has 0 unspecified atom stereocenters. The Balaban J connectivity index is 2.39. The predicted octanol–water partition coefficient (Wildman–Crippen LogP) is 6.44. The van der Waals surface area contributed by atoms with Crippen LogP contribution in [0.5, 0.6) is 11.5 Å². The minimum atomic E-state index is 0.578. The number of ether oxygens (including phenoxy) is 1. The molecule has 0 saturated carbocycles. The third-order valence-electron chi connectivity index (χ3n) is 2.30. The van der Waals surface area contributed by atoms with E-state index in [9.17, 15) is 0 Å². The zero-order valence-electron chi connectivity index (χ0n) is 9.09. The molecule has 0 aromatic heterocycles. The van der Waals surface area contributed by atoms with E-state index >= 15 is 0 Å². The zero-order chi connectivity index (χ0) is 13.1. The van der Waals surface area contributed by atoms with E-state index in [1.807, 2.05) is 12.1 Å². The molecular formula is C13H8Br2Cl2O. The lowest BCUT2D eigenvalue weighted by molar-refractivity contribution is 0.476. The third-order valence-corrected chi connectivity index (χ3v) is 4.05. The highest BCUT2D eigenvalue weighted by Crippen LogP contribution is 2.37. The van der Waals surface area contributed by atoms with Crippen molar-refractivity contribution in [2.75, 3.05) is 0 Å². The summed E-state index contributed by atoms with van der Waals surface area (Å²) in [5.41, 5.74) is 0.990. The lowest BCUT2D eigenvalue weighted by Gasteiger charge is -2.12. The number of halogens is 4. The van der Waals surface area contributed by atoms with E-state index < -0.39 is 0 Å². The highest BCUT2D eigenvalue weighted by molar-refractivity contribution is 9.10. The first-order valence-electron chi connectivity index (χ1n) is 5.08. The molecule has 0 spiro atoms. The molecule has 0 aliphatic heterocycles. The van der Waals surface area contributed by atoms with Crippen molar-refractivity contribution in [3.8, 4) is 11.5 Å². The molecule has 18 heavy (non-hydrogen) atoms. The van der Waals surface area contributed by atoms with Crippen LogP contribution < -0.4 is 4.74 Å². The molecule has 2 aromatic carbocycles. The quantitative estimate of drug-likeness (QED) is 0.529. The van der Waals surface area contributed by atoms with Gasteiger partial charge in [-0.2, -0.15) is 0 Å². The topological polar surface area (TPSA) is 9.23 Å². The van der Waals surface area contributed by atoms with Crippen molar-refractivity contribution in [2.45, 2.75) is 5.33 Å². The van der Waals surface area contributed by atoms with Crippen LogP contribution in [-0.2, 0) is 5.33 Å². The number of benzene rings is 2. The lowest BCUT2D eigenvalue weighted by atomic mass is 10.2. The average Bonchev–Trinajstić information content (AvgIpc) is 2.34. The highest BCUT2D eigenvalue weighted by atomic mass is 79.9. The first kappa shape index (κ1) is 14.2. The number of para-hydroxylation sites is 1. The normalized spacial score (nSPS) is 10.4. The van der Waals surface area contributed by atoms with Crippen LogP contribution in [0.4, 0.5) is 0 Å². The van der Waals surface area contributed by atoms with E-state index in [4.69, 9.17) is 27.9 Å². The van der Waals surface area contributed by atoms with Gasteiger partial charge in [-0.25, -0.2) is 0 Å². The van der Waals surface area contributed by atoms with Crippen LogP contribution in [0, 0.1) is 0 Å². The van der Waals surface area contributed by atoms with Crippen molar-refractivity contribution in [1.82, 2.24) is 0 Å². The summed E-state index contributed by atoms with van der Waals surface area (Å²) in [7, 11) is 0. The van der Waals surface area contributed by atoms with Crippen molar-refractivity contribution in [2.24, 2.45) is 0 Å². The molecule has 5 heteroatoms. The number of rotatable bonds is 3. The van der Waals surface area contributed by atoms with Gasteiger partial charge in [0.25, 0.3) is 0 Å². The van der Waals surface area contributed by atoms with Gasteiger partial charge in [-0.1, -0.05) is 51.3 Å². The van der Waals surface area contributed by atoms with Crippen LogP contribution in [0.15, 0.2) is 40.9 Å². The Bertz CT molecular complexity index is 573. The van der Waals surface area contributed by atoms with Crippen LogP contribution in [0.2, 0.25) is 10.0 Å². The van der Waals surface area contributed by atoms with Crippen LogP contribution in [-0.4, -0.2) is 0 Å². The zero-order valence-corrected chi connectivity index (χ0v) is 13.8. The minimum Gasteiger partial charge on any atom is -0.454 e. The summed E-state index contributed by atoms with van der Waals surface area (Å²) in [6.07, 6.45) is 0. The highest BCUT2D eigenvalue weighted by Gasteiger charge is 2.10. The monoisotopic (exact) mass is 408 g/mol. The summed E-state index contributed by atoms with van der Waals surface area (Å²) in [6.45, 7) is 0. The maximum atomic E-state index is 6.15. The molecule has 0 N–H and O–H groups in total. The van der Waals surface area contributed by atoms with Crippen molar-refractivity contribution < 1.29 is 4.74 Å². The molecule has 0 saturated heterocycles. The molecule has 0 radical (unpaired) electrons. The van der Waals surface area contributed by atoms with Gasteiger partial charge in [0.1, 0.15) is 11.5 Å². The molecule has 2 aromatic rings. The summed E-state index contributed by atoms with van der Waals surface area (Å²) in [4.78, 5) is 0. The van der Waals surface area contributed by atoms with Crippen LogP contribution in [0.3, 0.4) is 0 Å². The minimum absolute atomic E-state index is 0.578. The largest absolute Gasteiger partial charge is 0.454 e. The first-order chi connectivity index (χ1) is 8.61. The molecule has 94 valence electrons. The summed E-state index contributed by atoms with van der Waals surface area (Å²) in [6, 6.07) is 11.0. The summed E-state index contributed by atoms with van der Waals surface area (Å²) < 4.78 is 6.64. The average molecular weight is 411 g/mol. The molecule has 1 nitrogen and oxygen atoms in total. The molecule has 0 bridgehead atoms. The SMILES string of the molecule is Clc1ccc(Oc2c(Cl)cccc2CBr)c(Br)c1. The van der Waals surface area contributed by atoms with Crippen molar-refractivity contribution in [3.05, 3.63) is 56.5 Å². The smallest absolute Gasteiger partial charge is 0.150 e. The maximum absolute atomic E-state index is 6.15. The summed E-state index contributed by atoms with van der Waals surface area (Å²) in [5.74, 6) is 1.33. The molecule has 0 heterocycles. The predicted molar refractivity (Wildman–Crippen MR) is 83.3 cm³/mol. The molecule has 0 fully saturated rings. The fourth-order valence-electron chi connectivity index (χ4n) is 1.44. The number of hydrogen-bond donors (Lipinski definition) is 0. The van der Waals surface area contributed by atoms with E-state index in [0.29, 0.717) is 26.9 Å². The van der Waals surface area contributed by atoms with Gasteiger partial charge >= 0.3 is 0 Å². The van der Waals surface area contributed by atoms with E-state index in [2.05, 4.69) is 31.9 Å². The Kier molecular flexibility index (Phi) is 4.96. The van der Waals surface area contributed by atoms with Gasteiger partial charge in [0, 0.05) is 15.9 Å². The van der Waals surface area contributed by atoms with Gasteiger partial charge in [0.2, 0.25) is 0 Å². The van der Waals surface area contributed by atoms with Crippen LogP contribution >= 0.6 is 55.1 Å². The number of hydrogen-bond acceptors (Lipinski definition) is 1. The second-order valence-corrected chi connectivity index (χ2v) is 5.80. The van der Waals surface area contributed by atoms with Gasteiger partial charge in [0.15, 0.2) is 0 Å². The van der Waals surface area contributed by atoms with E-state index in [1.54, 1.807) is 24.3 Å². The van der Waals surface area contributed by atoms with Crippen LogP contribution in [0.1, 0.15) is 5.56 Å². The Morgan fingerprint density at radius 3 is 2.56 bits per heavy atom. The Labute approximate surface area is 132 Å². The second-order valence-electron chi connectivity index (χ2n) is 3.54. The second kappa shape index (κ2) is 6.29. The van der Waals surface area contributed by atoms with Gasteiger partial charge in [0.05, 0.1) is 9.50 Å². The molecular weight excluding hydrogens is 403 g/mol. The number of alkyl halides is 1. The Morgan fingerprint density at radius 1 is 1.11 bits per heavy atom. The summed E-state index contributed by atoms with van der Waals surface area (Å²) in [5, 5.41) is 1.90. The van der Waals surface area contributed by atoms with Crippen molar-refractivity contribution in [1.29, 1.82) is 0 Å². The van der Waals surface area contributed by atoms with E-state index in [-0.39, 0.29) is 0 Å².